The number of aliphatic hydroxyl groups is 1. The van der Waals surface area contributed by atoms with Crippen LogP contribution < -0.4 is 10.1 Å². The minimum atomic E-state index is -0.529. The second-order valence-corrected chi connectivity index (χ2v) is 8.53. The molecule has 2 N–H and O–H groups in total. The third-order valence-corrected chi connectivity index (χ3v) is 6.03. The third-order valence-electron chi connectivity index (χ3n) is 5.72. The lowest BCUT2D eigenvalue weighted by molar-refractivity contribution is 0.0717. The molecule has 2 fully saturated rings. The number of carbonyl (C=O) groups excluding carboxylic acids is 1. The van der Waals surface area contributed by atoms with Gasteiger partial charge in [0.15, 0.2) is 0 Å². The Hall–Kier alpha value is -2.80. The lowest BCUT2D eigenvalue weighted by Gasteiger charge is -2.28. The van der Waals surface area contributed by atoms with Crippen molar-refractivity contribution in [3.63, 3.8) is 0 Å². The average Bonchev–Trinajstić information content (AvgIpc) is 3.60. The van der Waals surface area contributed by atoms with E-state index < -0.39 is 6.10 Å². The van der Waals surface area contributed by atoms with Gasteiger partial charge < -0.3 is 15.2 Å². The number of rotatable bonds is 7. The van der Waals surface area contributed by atoms with E-state index in [0.717, 1.165) is 32.1 Å². The van der Waals surface area contributed by atoms with Gasteiger partial charge in [0, 0.05) is 16.7 Å². The molecule has 2 unspecified atom stereocenters. The largest absolute Gasteiger partial charge is 0.477 e. The molecule has 0 saturated heterocycles. The SMILES string of the molecule is [N-]=[N+]=Nc1ccc(-c2cc(C(=O)NC3CCCCC3O)cnc2OCC2CC2)cc1Cl. The van der Waals surface area contributed by atoms with Gasteiger partial charge in [-0.3, -0.25) is 4.79 Å². The number of halogens is 1. The Kier molecular flexibility index (Phi) is 6.61. The molecule has 2 saturated carbocycles. The van der Waals surface area contributed by atoms with Crippen LogP contribution in [-0.4, -0.2) is 34.8 Å². The number of azide groups is 1. The third kappa shape index (κ3) is 5.28. The van der Waals surface area contributed by atoms with Crippen LogP contribution in [0.15, 0.2) is 35.6 Å². The van der Waals surface area contributed by atoms with Gasteiger partial charge in [0.05, 0.1) is 35.0 Å². The molecule has 1 heterocycles. The van der Waals surface area contributed by atoms with Crippen molar-refractivity contribution < 1.29 is 14.6 Å². The fourth-order valence-electron chi connectivity index (χ4n) is 3.71. The van der Waals surface area contributed by atoms with Crippen LogP contribution >= 0.6 is 11.6 Å². The summed E-state index contributed by atoms with van der Waals surface area (Å²) in [6, 6.07) is 6.50. The van der Waals surface area contributed by atoms with Crippen molar-refractivity contribution >= 4 is 23.2 Å². The smallest absolute Gasteiger partial charge is 0.253 e. The van der Waals surface area contributed by atoms with E-state index in [1.807, 2.05) is 0 Å². The molecule has 4 rings (SSSR count). The predicted molar refractivity (Wildman–Crippen MR) is 117 cm³/mol. The summed E-state index contributed by atoms with van der Waals surface area (Å²) in [5.41, 5.74) is 10.7. The van der Waals surface area contributed by atoms with Gasteiger partial charge >= 0.3 is 0 Å². The van der Waals surface area contributed by atoms with E-state index >= 15 is 0 Å². The van der Waals surface area contributed by atoms with Crippen molar-refractivity contribution in [1.29, 1.82) is 0 Å². The van der Waals surface area contributed by atoms with Crippen LogP contribution in [0.2, 0.25) is 5.02 Å². The standard InChI is InChI=1S/C22H24ClN5O3/c23-17-10-14(7-8-18(17)27-28-24)16-9-15(11-25-22(16)31-12-13-5-6-13)21(30)26-19-3-1-2-4-20(19)29/h7-11,13,19-20,29H,1-6,12H2,(H,26,30). The maximum absolute atomic E-state index is 12.9. The van der Waals surface area contributed by atoms with E-state index in [2.05, 4.69) is 20.3 Å². The second-order valence-electron chi connectivity index (χ2n) is 8.12. The highest BCUT2D eigenvalue weighted by Gasteiger charge is 2.26. The quantitative estimate of drug-likeness (QED) is 0.350. The molecule has 2 aliphatic rings. The zero-order valence-corrected chi connectivity index (χ0v) is 17.8. The Bertz CT molecular complexity index is 1020. The number of ether oxygens (including phenoxy) is 1. The molecule has 0 bridgehead atoms. The molecular weight excluding hydrogens is 418 g/mol. The van der Waals surface area contributed by atoms with Gasteiger partial charge in [-0.15, -0.1) is 0 Å². The molecule has 1 aromatic carbocycles. The normalized spacial score (nSPS) is 20.6. The lowest BCUT2D eigenvalue weighted by atomic mass is 9.92. The number of aromatic nitrogens is 1. The van der Waals surface area contributed by atoms with Crippen LogP contribution in [0.5, 0.6) is 5.88 Å². The number of nitrogens with one attached hydrogen (secondary N) is 1. The Morgan fingerprint density at radius 2 is 2.10 bits per heavy atom. The molecule has 0 radical (unpaired) electrons. The van der Waals surface area contributed by atoms with Gasteiger partial charge in [0.25, 0.3) is 5.91 Å². The molecule has 2 atom stereocenters. The first-order chi connectivity index (χ1) is 15.0. The Balaban J connectivity index is 1.63. The maximum Gasteiger partial charge on any atom is 0.253 e. The number of nitrogens with zero attached hydrogens (tertiary/aromatic N) is 4. The Morgan fingerprint density at radius 1 is 1.29 bits per heavy atom. The van der Waals surface area contributed by atoms with Crippen LogP contribution in [-0.2, 0) is 0 Å². The molecule has 1 aromatic heterocycles. The van der Waals surface area contributed by atoms with Gasteiger partial charge in [-0.05, 0) is 54.8 Å². The first-order valence-corrected chi connectivity index (χ1v) is 10.9. The molecule has 1 amide bonds. The van der Waals surface area contributed by atoms with E-state index in [1.54, 1.807) is 24.3 Å². The topological polar surface area (TPSA) is 120 Å². The number of benzene rings is 1. The number of aliphatic hydroxyl groups excluding tert-OH is 1. The highest BCUT2D eigenvalue weighted by Crippen LogP contribution is 2.36. The zero-order valence-electron chi connectivity index (χ0n) is 17.0. The average molecular weight is 442 g/mol. The molecule has 2 aromatic rings. The van der Waals surface area contributed by atoms with E-state index in [1.165, 1.54) is 6.20 Å². The van der Waals surface area contributed by atoms with E-state index in [4.69, 9.17) is 21.9 Å². The summed E-state index contributed by atoms with van der Waals surface area (Å²) in [5.74, 6) is 0.681. The highest BCUT2D eigenvalue weighted by atomic mass is 35.5. The molecule has 162 valence electrons. The summed E-state index contributed by atoms with van der Waals surface area (Å²) < 4.78 is 5.93. The molecule has 2 aliphatic carbocycles. The van der Waals surface area contributed by atoms with E-state index in [9.17, 15) is 9.90 Å². The number of hydrogen-bond donors (Lipinski definition) is 2. The van der Waals surface area contributed by atoms with Crippen molar-refractivity contribution in [1.82, 2.24) is 10.3 Å². The van der Waals surface area contributed by atoms with E-state index in [-0.39, 0.29) is 11.9 Å². The van der Waals surface area contributed by atoms with Gasteiger partial charge in [-0.2, -0.15) is 0 Å². The number of amides is 1. The molecule has 9 heteroatoms. The van der Waals surface area contributed by atoms with Gasteiger partial charge in [0.1, 0.15) is 0 Å². The summed E-state index contributed by atoms with van der Waals surface area (Å²) in [6.07, 6.45) is 6.65. The summed E-state index contributed by atoms with van der Waals surface area (Å²) in [4.78, 5) is 20.0. The summed E-state index contributed by atoms with van der Waals surface area (Å²) in [6.45, 7) is 0.574. The van der Waals surface area contributed by atoms with Crippen molar-refractivity contribution in [2.24, 2.45) is 11.0 Å². The van der Waals surface area contributed by atoms with Crippen molar-refractivity contribution in [2.45, 2.75) is 50.7 Å². The predicted octanol–water partition coefficient (Wildman–Crippen LogP) is 5.17. The van der Waals surface area contributed by atoms with Gasteiger partial charge in [-0.25, -0.2) is 4.98 Å². The number of hydrogen-bond acceptors (Lipinski definition) is 5. The first-order valence-electron chi connectivity index (χ1n) is 10.5. The fourth-order valence-corrected chi connectivity index (χ4v) is 3.93. The minimum Gasteiger partial charge on any atom is -0.477 e. The minimum absolute atomic E-state index is 0.256. The summed E-state index contributed by atoms with van der Waals surface area (Å²) in [5, 5.41) is 17.0. The number of carbonyl (C=O) groups is 1. The van der Waals surface area contributed by atoms with Gasteiger partial charge in [0.2, 0.25) is 5.88 Å². The van der Waals surface area contributed by atoms with Crippen LogP contribution in [0, 0.1) is 5.92 Å². The summed E-state index contributed by atoms with van der Waals surface area (Å²) in [7, 11) is 0. The van der Waals surface area contributed by atoms with Crippen LogP contribution in [0.25, 0.3) is 21.6 Å². The number of pyridine rings is 1. The second kappa shape index (κ2) is 9.56. The van der Waals surface area contributed by atoms with Crippen LogP contribution in [0.4, 0.5) is 5.69 Å². The van der Waals surface area contributed by atoms with Crippen molar-refractivity contribution in [3.8, 4) is 17.0 Å². The fraction of sp³-hybridized carbons (Fsp3) is 0.455. The van der Waals surface area contributed by atoms with Crippen LogP contribution in [0.1, 0.15) is 48.9 Å². The van der Waals surface area contributed by atoms with Crippen LogP contribution in [0.3, 0.4) is 0 Å². The first kappa shape index (κ1) is 21.4. The Morgan fingerprint density at radius 3 is 2.81 bits per heavy atom. The zero-order chi connectivity index (χ0) is 21.8. The molecule has 0 spiro atoms. The molecular formula is C22H24ClN5O3. The summed E-state index contributed by atoms with van der Waals surface area (Å²) >= 11 is 6.26. The molecule has 0 aliphatic heterocycles. The monoisotopic (exact) mass is 441 g/mol. The maximum atomic E-state index is 12.9. The molecule has 31 heavy (non-hydrogen) atoms. The van der Waals surface area contributed by atoms with Crippen molar-refractivity contribution in [3.05, 3.63) is 51.5 Å². The Labute approximate surface area is 185 Å². The lowest BCUT2D eigenvalue weighted by Crippen LogP contribution is -2.45. The van der Waals surface area contributed by atoms with E-state index in [0.29, 0.717) is 52.2 Å². The molecule has 8 nitrogen and oxygen atoms in total. The highest BCUT2D eigenvalue weighted by molar-refractivity contribution is 6.33. The van der Waals surface area contributed by atoms with Gasteiger partial charge in [-0.1, -0.05) is 41.7 Å². The van der Waals surface area contributed by atoms with Crippen molar-refractivity contribution in [2.75, 3.05) is 6.61 Å².